The molecule has 0 radical (unpaired) electrons. The van der Waals surface area contributed by atoms with Gasteiger partial charge in [-0.15, -0.1) is 0 Å². The van der Waals surface area contributed by atoms with Crippen LogP contribution in [0.2, 0.25) is 0 Å². The fourth-order valence-corrected chi connectivity index (χ4v) is 5.47. The lowest BCUT2D eigenvalue weighted by atomic mass is 9.76. The van der Waals surface area contributed by atoms with Crippen LogP contribution in [0.25, 0.3) is 0 Å². The first-order chi connectivity index (χ1) is 15.5. The highest BCUT2D eigenvalue weighted by Crippen LogP contribution is 2.53. The average molecular weight is 435 g/mol. The summed E-state index contributed by atoms with van der Waals surface area (Å²) < 4.78 is 5.09. The van der Waals surface area contributed by atoms with Gasteiger partial charge in [-0.05, 0) is 36.6 Å². The van der Waals surface area contributed by atoms with Crippen LogP contribution in [0.1, 0.15) is 17.5 Å². The number of ether oxygens (including phenoxy) is 1. The van der Waals surface area contributed by atoms with E-state index in [4.69, 9.17) is 4.74 Å². The van der Waals surface area contributed by atoms with E-state index in [1.165, 1.54) is 4.90 Å². The fourth-order valence-electron chi connectivity index (χ4n) is 5.47. The lowest BCUT2D eigenvalue weighted by Crippen LogP contribution is -2.53. The van der Waals surface area contributed by atoms with Crippen molar-refractivity contribution in [2.24, 2.45) is 11.8 Å². The van der Waals surface area contributed by atoms with Gasteiger partial charge >= 0.3 is 0 Å². The van der Waals surface area contributed by atoms with E-state index in [2.05, 4.69) is 10.6 Å². The van der Waals surface area contributed by atoms with Crippen molar-refractivity contribution in [3.05, 3.63) is 59.7 Å². The third kappa shape index (κ3) is 2.94. The Hall–Kier alpha value is -3.23. The Labute approximate surface area is 185 Å². The number of hydrogen-bond donors (Lipinski definition) is 3. The Morgan fingerprint density at radius 3 is 2.56 bits per heavy atom. The van der Waals surface area contributed by atoms with Crippen LogP contribution in [0.15, 0.2) is 48.5 Å². The summed E-state index contributed by atoms with van der Waals surface area (Å²) in [6.07, 6.45) is 0.989. The molecule has 166 valence electrons. The van der Waals surface area contributed by atoms with E-state index in [0.29, 0.717) is 30.7 Å². The minimum Gasteiger partial charge on any atom is -0.508 e. The molecule has 1 spiro atoms. The molecule has 4 atom stereocenters. The zero-order valence-corrected chi connectivity index (χ0v) is 17.7. The number of rotatable bonds is 6. The molecule has 2 aromatic carbocycles. The van der Waals surface area contributed by atoms with E-state index in [1.807, 2.05) is 24.3 Å². The predicted molar refractivity (Wildman–Crippen MR) is 116 cm³/mol. The molecule has 0 saturated carbocycles. The number of nitrogens with one attached hydrogen (secondary N) is 2. The number of methoxy groups -OCH3 is 1. The molecule has 4 unspecified atom stereocenters. The molecule has 0 bridgehead atoms. The maximum absolute atomic E-state index is 13.6. The van der Waals surface area contributed by atoms with Gasteiger partial charge in [-0.25, -0.2) is 0 Å². The third-order valence-electron chi connectivity index (χ3n) is 6.84. The number of likely N-dealkylation sites (tertiary alicyclic amines) is 1. The first-order valence-electron chi connectivity index (χ1n) is 10.8. The second-order valence-electron chi connectivity index (χ2n) is 8.61. The van der Waals surface area contributed by atoms with E-state index >= 15 is 0 Å². The Bertz CT molecular complexity index is 1090. The van der Waals surface area contributed by atoms with Gasteiger partial charge in [0.2, 0.25) is 17.7 Å². The van der Waals surface area contributed by atoms with Crippen molar-refractivity contribution >= 4 is 23.4 Å². The molecule has 3 aliphatic rings. The molecular formula is C24H25N3O5. The van der Waals surface area contributed by atoms with Crippen molar-refractivity contribution in [3.63, 3.8) is 0 Å². The number of anilines is 1. The number of amides is 3. The van der Waals surface area contributed by atoms with Gasteiger partial charge in [0.25, 0.3) is 0 Å². The molecule has 3 heterocycles. The molecule has 0 aliphatic carbocycles. The Balaban J connectivity index is 1.56. The Kier molecular flexibility index (Phi) is 4.98. The monoisotopic (exact) mass is 435 g/mol. The SMILES string of the molecule is COCCCN1C(=O)C2C(Cc3ccc(O)cc3)NC3(C(=O)Nc4ccccc43)C2C1=O. The molecular weight excluding hydrogens is 410 g/mol. The number of imide groups is 1. The standard InChI is InChI=1S/C24H25N3O5/c1-32-12-4-11-27-21(29)19-18(13-14-7-9-15(28)10-8-14)26-24(20(19)22(27)30)16-5-2-3-6-17(16)25-23(24)31/h2-3,5-10,18-20,26,28H,4,11-13H2,1H3,(H,25,31). The predicted octanol–water partition coefficient (Wildman–Crippen LogP) is 1.39. The van der Waals surface area contributed by atoms with Crippen molar-refractivity contribution in [1.29, 1.82) is 0 Å². The summed E-state index contributed by atoms with van der Waals surface area (Å²) in [5.41, 5.74) is 0.979. The molecule has 2 saturated heterocycles. The largest absolute Gasteiger partial charge is 0.508 e. The topological polar surface area (TPSA) is 108 Å². The van der Waals surface area contributed by atoms with E-state index in [1.54, 1.807) is 31.4 Å². The van der Waals surface area contributed by atoms with E-state index in [0.717, 1.165) is 5.56 Å². The van der Waals surface area contributed by atoms with Gasteiger partial charge in [0, 0.05) is 37.6 Å². The molecule has 8 nitrogen and oxygen atoms in total. The molecule has 2 aromatic rings. The number of phenolic OH excluding ortho intramolecular Hbond substituents is 1. The summed E-state index contributed by atoms with van der Waals surface area (Å²) >= 11 is 0. The molecule has 8 heteroatoms. The van der Waals surface area contributed by atoms with E-state index < -0.39 is 23.4 Å². The minimum atomic E-state index is -1.29. The summed E-state index contributed by atoms with van der Waals surface area (Å²) in [4.78, 5) is 41.7. The number of fused-ring (bicyclic) bond motifs is 4. The zero-order chi connectivity index (χ0) is 22.5. The van der Waals surface area contributed by atoms with E-state index in [9.17, 15) is 19.5 Å². The lowest BCUT2D eigenvalue weighted by molar-refractivity contribution is -0.143. The molecule has 3 amide bonds. The summed E-state index contributed by atoms with van der Waals surface area (Å²) in [5, 5.41) is 15.9. The van der Waals surface area contributed by atoms with Crippen molar-refractivity contribution < 1.29 is 24.2 Å². The summed E-state index contributed by atoms with van der Waals surface area (Å²) in [5.74, 6) is -2.19. The molecule has 3 N–H and O–H groups in total. The average Bonchev–Trinajstić information content (AvgIpc) is 3.36. The Morgan fingerprint density at radius 2 is 1.81 bits per heavy atom. The number of phenols is 1. The van der Waals surface area contributed by atoms with Gasteiger partial charge in [0.05, 0.1) is 11.8 Å². The van der Waals surface area contributed by atoms with Crippen LogP contribution in [0, 0.1) is 11.8 Å². The quantitative estimate of drug-likeness (QED) is 0.468. The van der Waals surface area contributed by atoms with Crippen LogP contribution in [0.3, 0.4) is 0 Å². The highest BCUT2D eigenvalue weighted by Gasteiger charge is 2.70. The normalized spacial score (nSPS) is 28.3. The summed E-state index contributed by atoms with van der Waals surface area (Å²) in [6.45, 7) is 0.708. The van der Waals surface area contributed by atoms with Crippen LogP contribution in [0.5, 0.6) is 5.75 Å². The van der Waals surface area contributed by atoms with Crippen molar-refractivity contribution in [2.45, 2.75) is 24.4 Å². The first-order valence-corrected chi connectivity index (χ1v) is 10.8. The van der Waals surface area contributed by atoms with Gasteiger partial charge in [-0.1, -0.05) is 30.3 Å². The van der Waals surface area contributed by atoms with Crippen LogP contribution < -0.4 is 10.6 Å². The summed E-state index contributed by atoms with van der Waals surface area (Å²) in [7, 11) is 1.58. The third-order valence-corrected chi connectivity index (χ3v) is 6.84. The van der Waals surface area contributed by atoms with Gasteiger partial charge < -0.3 is 15.2 Å². The lowest BCUT2D eigenvalue weighted by Gasteiger charge is -2.29. The van der Waals surface area contributed by atoms with E-state index in [-0.39, 0.29) is 30.0 Å². The smallest absolute Gasteiger partial charge is 0.250 e. The maximum Gasteiger partial charge on any atom is 0.250 e. The number of nitrogens with zero attached hydrogens (tertiary/aromatic N) is 1. The molecule has 3 aliphatic heterocycles. The van der Waals surface area contributed by atoms with Gasteiger partial charge in [-0.2, -0.15) is 0 Å². The highest BCUT2D eigenvalue weighted by molar-refractivity contribution is 6.15. The van der Waals surface area contributed by atoms with Crippen molar-refractivity contribution in [2.75, 3.05) is 25.6 Å². The molecule has 32 heavy (non-hydrogen) atoms. The highest BCUT2D eigenvalue weighted by atomic mass is 16.5. The zero-order valence-electron chi connectivity index (χ0n) is 17.7. The number of carbonyl (C=O) groups excluding carboxylic acids is 3. The second-order valence-corrected chi connectivity index (χ2v) is 8.61. The number of carbonyl (C=O) groups is 3. The molecule has 5 rings (SSSR count). The van der Waals surface area contributed by atoms with Crippen molar-refractivity contribution in [3.8, 4) is 5.75 Å². The van der Waals surface area contributed by atoms with Crippen LogP contribution >= 0.6 is 0 Å². The van der Waals surface area contributed by atoms with Crippen LogP contribution in [-0.2, 0) is 31.1 Å². The first kappa shape index (κ1) is 20.7. The van der Waals surface area contributed by atoms with Gasteiger partial charge in [-0.3, -0.25) is 24.6 Å². The minimum absolute atomic E-state index is 0.156. The van der Waals surface area contributed by atoms with Crippen LogP contribution in [-0.4, -0.2) is 54.0 Å². The van der Waals surface area contributed by atoms with Gasteiger partial charge in [0.15, 0.2) is 0 Å². The number of benzene rings is 2. The summed E-state index contributed by atoms with van der Waals surface area (Å²) in [6, 6.07) is 13.7. The van der Waals surface area contributed by atoms with Crippen LogP contribution in [0.4, 0.5) is 5.69 Å². The number of aromatic hydroxyl groups is 1. The number of para-hydroxylation sites is 1. The number of hydrogen-bond acceptors (Lipinski definition) is 6. The van der Waals surface area contributed by atoms with Gasteiger partial charge in [0.1, 0.15) is 11.3 Å². The Morgan fingerprint density at radius 1 is 1.06 bits per heavy atom. The maximum atomic E-state index is 13.6. The fraction of sp³-hybridized carbons (Fsp3) is 0.375. The molecule has 2 fully saturated rings. The van der Waals surface area contributed by atoms with Crippen molar-refractivity contribution in [1.82, 2.24) is 10.2 Å². The molecule has 0 aromatic heterocycles. The second kappa shape index (κ2) is 7.72.